The number of rotatable bonds is 5. The van der Waals surface area contributed by atoms with Gasteiger partial charge in [0.1, 0.15) is 23.7 Å². The molecule has 1 N–H and O–H groups in total. The second-order valence-corrected chi connectivity index (χ2v) is 7.59. The fourth-order valence-corrected chi connectivity index (χ4v) is 4.50. The highest BCUT2D eigenvalue weighted by molar-refractivity contribution is 5.94. The molecule has 7 heteroatoms. The number of benzene rings is 1. The molecule has 1 unspecified atom stereocenters. The molecule has 5 rings (SSSR count). The van der Waals surface area contributed by atoms with Crippen LogP contribution < -0.4 is 10.1 Å². The van der Waals surface area contributed by atoms with Crippen molar-refractivity contribution in [2.45, 2.75) is 12.2 Å². The lowest BCUT2D eigenvalue weighted by Gasteiger charge is -2.43. The number of nitrogens with zero attached hydrogens (tertiary/aromatic N) is 3. The molecule has 0 saturated carbocycles. The molecule has 7 nitrogen and oxygen atoms in total. The van der Waals surface area contributed by atoms with E-state index in [0.29, 0.717) is 6.61 Å². The number of morpholine rings is 1. The first-order chi connectivity index (χ1) is 13.8. The van der Waals surface area contributed by atoms with E-state index in [1.54, 1.807) is 0 Å². The number of carbonyl (C=O) groups excluding carboxylic acids is 1. The summed E-state index contributed by atoms with van der Waals surface area (Å²) in [6, 6.07) is 12.0. The van der Waals surface area contributed by atoms with Crippen LogP contribution in [0.15, 0.2) is 42.6 Å². The molecule has 1 atom stereocenters. The molecule has 3 aliphatic rings. The minimum Gasteiger partial charge on any atom is -0.492 e. The summed E-state index contributed by atoms with van der Waals surface area (Å²) in [7, 11) is 0. The van der Waals surface area contributed by atoms with Gasteiger partial charge in [-0.2, -0.15) is 0 Å². The van der Waals surface area contributed by atoms with Gasteiger partial charge in [0, 0.05) is 38.9 Å². The van der Waals surface area contributed by atoms with Gasteiger partial charge < -0.3 is 18.9 Å². The third-order valence-corrected chi connectivity index (χ3v) is 6.02. The molecule has 3 aliphatic heterocycles. The Balaban J connectivity index is 1.29. The summed E-state index contributed by atoms with van der Waals surface area (Å²) < 4.78 is 13.4. The molecule has 1 aromatic carbocycles. The van der Waals surface area contributed by atoms with Gasteiger partial charge in [0.2, 0.25) is 0 Å². The maximum absolute atomic E-state index is 12.9. The van der Waals surface area contributed by atoms with Gasteiger partial charge in [-0.3, -0.25) is 15.0 Å². The molecule has 2 aromatic rings. The van der Waals surface area contributed by atoms with Crippen molar-refractivity contribution in [3.8, 4) is 5.75 Å². The summed E-state index contributed by atoms with van der Waals surface area (Å²) in [6.45, 7) is 7.39. The molecule has 1 amide bonds. The summed E-state index contributed by atoms with van der Waals surface area (Å²) in [5, 5.41) is 3.58. The number of ether oxygens (including phenoxy) is 2. The molecule has 4 heterocycles. The van der Waals surface area contributed by atoms with Crippen LogP contribution in [0.25, 0.3) is 0 Å². The van der Waals surface area contributed by atoms with E-state index in [9.17, 15) is 4.79 Å². The second kappa shape index (κ2) is 7.24. The fourth-order valence-electron chi connectivity index (χ4n) is 4.50. The highest BCUT2D eigenvalue weighted by Crippen LogP contribution is 2.37. The van der Waals surface area contributed by atoms with Gasteiger partial charge in [-0.25, -0.2) is 0 Å². The van der Waals surface area contributed by atoms with Crippen molar-refractivity contribution in [2.75, 3.05) is 52.5 Å². The Morgan fingerprint density at radius 3 is 2.75 bits per heavy atom. The molecule has 148 valence electrons. The quantitative estimate of drug-likeness (QED) is 0.840. The van der Waals surface area contributed by atoms with E-state index >= 15 is 0 Å². The van der Waals surface area contributed by atoms with E-state index in [1.165, 1.54) is 0 Å². The van der Waals surface area contributed by atoms with Crippen molar-refractivity contribution >= 4 is 5.91 Å². The van der Waals surface area contributed by atoms with Crippen LogP contribution in [0, 0.1) is 0 Å². The summed E-state index contributed by atoms with van der Waals surface area (Å²) in [5.74, 6) is 0.953. The molecular weight excluding hydrogens is 356 g/mol. The van der Waals surface area contributed by atoms with E-state index in [-0.39, 0.29) is 5.91 Å². The van der Waals surface area contributed by atoms with Crippen LogP contribution >= 0.6 is 0 Å². The Kier molecular flexibility index (Phi) is 4.58. The Morgan fingerprint density at radius 2 is 1.93 bits per heavy atom. The van der Waals surface area contributed by atoms with Crippen LogP contribution in [0.4, 0.5) is 0 Å². The monoisotopic (exact) mass is 382 g/mol. The second-order valence-electron chi connectivity index (χ2n) is 7.59. The normalized spacial score (nSPS) is 24.9. The first-order valence-corrected chi connectivity index (χ1v) is 10.0. The van der Waals surface area contributed by atoms with Crippen molar-refractivity contribution in [1.82, 2.24) is 19.7 Å². The number of fused-ring (bicyclic) bond motifs is 2. The van der Waals surface area contributed by atoms with Crippen molar-refractivity contribution in [2.24, 2.45) is 0 Å². The van der Waals surface area contributed by atoms with Gasteiger partial charge in [-0.1, -0.05) is 12.1 Å². The van der Waals surface area contributed by atoms with E-state index in [0.717, 1.165) is 69.5 Å². The standard InChI is InChI=1S/C21H26N4O3/c26-20-19-2-1-8-24(19)16-21(22-7-9-25(20)21)17-3-5-18(6-4-17)28-15-12-23-10-13-27-14-11-23/h1-6,8,22H,7,9-16H2. The predicted molar refractivity (Wildman–Crippen MR) is 104 cm³/mol. The van der Waals surface area contributed by atoms with Gasteiger partial charge in [0.25, 0.3) is 5.91 Å². The van der Waals surface area contributed by atoms with Crippen LogP contribution in [0.3, 0.4) is 0 Å². The molecule has 1 aromatic heterocycles. The van der Waals surface area contributed by atoms with Gasteiger partial charge >= 0.3 is 0 Å². The predicted octanol–water partition coefficient (Wildman–Crippen LogP) is 1.11. The van der Waals surface area contributed by atoms with Crippen molar-refractivity contribution in [3.63, 3.8) is 0 Å². The van der Waals surface area contributed by atoms with Crippen molar-refractivity contribution < 1.29 is 14.3 Å². The Morgan fingerprint density at radius 1 is 1.11 bits per heavy atom. The summed E-state index contributed by atoms with van der Waals surface area (Å²) in [6.07, 6.45) is 1.98. The van der Waals surface area contributed by atoms with Crippen molar-refractivity contribution in [1.29, 1.82) is 0 Å². The summed E-state index contributed by atoms with van der Waals surface area (Å²) in [5.41, 5.74) is 1.38. The maximum Gasteiger partial charge on any atom is 0.272 e. The maximum atomic E-state index is 12.9. The number of nitrogens with one attached hydrogen (secondary N) is 1. The van der Waals surface area contributed by atoms with Gasteiger partial charge in [0.15, 0.2) is 0 Å². The Hall–Kier alpha value is -2.35. The Bertz CT molecular complexity index is 844. The largest absolute Gasteiger partial charge is 0.492 e. The van der Waals surface area contributed by atoms with Crippen LogP contribution in [0.2, 0.25) is 0 Å². The zero-order valence-corrected chi connectivity index (χ0v) is 16.0. The van der Waals surface area contributed by atoms with Crippen LogP contribution in [0.5, 0.6) is 5.75 Å². The number of aromatic nitrogens is 1. The first kappa shape index (κ1) is 17.7. The summed E-state index contributed by atoms with van der Waals surface area (Å²) >= 11 is 0. The van der Waals surface area contributed by atoms with Gasteiger partial charge in [-0.15, -0.1) is 0 Å². The SMILES string of the molecule is O=C1c2cccn2CC2(c3ccc(OCCN4CCOCC4)cc3)NCCN12. The fraction of sp³-hybridized carbons (Fsp3) is 0.476. The van der Waals surface area contributed by atoms with E-state index in [4.69, 9.17) is 9.47 Å². The molecule has 2 saturated heterocycles. The minimum absolute atomic E-state index is 0.0899. The third kappa shape index (κ3) is 2.99. The lowest BCUT2D eigenvalue weighted by molar-refractivity contribution is 0.0322. The van der Waals surface area contributed by atoms with Crippen LogP contribution in [-0.4, -0.2) is 72.8 Å². The highest BCUT2D eigenvalue weighted by Gasteiger charge is 2.49. The van der Waals surface area contributed by atoms with Gasteiger partial charge in [0.05, 0.1) is 19.8 Å². The average Bonchev–Trinajstić information content (AvgIpc) is 3.37. The molecule has 2 fully saturated rings. The first-order valence-electron chi connectivity index (χ1n) is 10.0. The van der Waals surface area contributed by atoms with E-state index < -0.39 is 5.66 Å². The zero-order chi connectivity index (χ0) is 19.0. The molecule has 0 spiro atoms. The lowest BCUT2D eigenvalue weighted by Crippen LogP contribution is -2.57. The summed E-state index contributed by atoms with van der Waals surface area (Å²) in [4.78, 5) is 17.3. The molecule has 0 bridgehead atoms. The zero-order valence-electron chi connectivity index (χ0n) is 16.0. The number of carbonyl (C=O) groups is 1. The Labute approximate surface area is 164 Å². The van der Waals surface area contributed by atoms with E-state index in [2.05, 4.69) is 22.3 Å². The third-order valence-electron chi connectivity index (χ3n) is 6.02. The van der Waals surface area contributed by atoms with Gasteiger partial charge in [-0.05, 0) is 29.8 Å². The average molecular weight is 382 g/mol. The lowest BCUT2D eigenvalue weighted by atomic mass is 9.96. The number of amides is 1. The number of hydrogen-bond acceptors (Lipinski definition) is 5. The van der Waals surface area contributed by atoms with Crippen LogP contribution in [-0.2, 0) is 16.9 Å². The van der Waals surface area contributed by atoms with E-state index in [1.807, 2.05) is 39.9 Å². The van der Waals surface area contributed by atoms with Crippen LogP contribution in [0.1, 0.15) is 16.1 Å². The minimum atomic E-state index is -0.477. The topological polar surface area (TPSA) is 59.0 Å². The molecule has 0 aliphatic carbocycles. The molecule has 0 radical (unpaired) electrons. The highest BCUT2D eigenvalue weighted by atomic mass is 16.5. The number of hydrogen-bond donors (Lipinski definition) is 1. The smallest absolute Gasteiger partial charge is 0.272 e. The molecular formula is C21H26N4O3. The van der Waals surface area contributed by atoms with Crippen molar-refractivity contribution in [3.05, 3.63) is 53.9 Å². The molecule has 28 heavy (non-hydrogen) atoms.